The number of methoxy groups -OCH3 is 2. The second kappa shape index (κ2) is 8.79. The number of benzene rings is 1. The average molecular weight is 368 g/mol. The molecule has 3 rings (SSSR count). The van der Waals surface area contributed by atoms with Crippen LogP contribution in [0.2, 0.25) is 0 Å². The summed E-state index contributed by atoms with van der Waals surface area (Å²) in [7, 11) is 3.14. The number of ether oxygens (including phenoxy) is 2. The Bertz CT molecular complexity index is 893. The van der Waals surface area contributed by atoms with E-state index in [2.05, 4.69) is 20.4 Å². The summed E-state index contributed by atoms with van der Waals surface area (Å²) >= 11 is 0. The lowest BCUT2D eigenvalue weighted by atomic mass is 10.2. The highest BCUT2D eigenvalue weighted by atomic mass is 16.5. The summed E-state index contributed by atoms with van der Waals surface area (Å²) in [5, 5.41) is 6.71. The van der Waals surface area contributed by atoms with Gasteiger partial charge < -0.3 is 19.3 Å². The lowest BCUT2D eigenvalue weighted by Gasteiger charge is -2.07. The second-order valence-corrected chi connectivity index (χ2v) is 5.70. The molecule has 2 heterocycles. The third-order valence-corrected chi connectivity index (χ3v) is 3.86. The fourth-order valence-corrected chi connectivity index (χ4v) is 2.46. The SMILES string of the molecule is COc1ccc(-c2noc(CCCC(=O)Nc3ncccc3OC)n2)cc1. The van der Waals surface area contributed by atoms with Crippen molar-refractivity contribution in [3.63, 3.8) is 0 Å². The molecule has 140 valence electrons. The number of hydrogen-bond acceptors (Lipinski definition) is 7. The van der Waals surface area contributed by atoms with Gasteiger partial charge in [-0.15, -0.1) is 0 Å². The molecule has 1 N–H and O–H groups in total. The van der Waals surface area contributed by atoms with Gasteiger partial charge >= 0.3 is 0 Å². The molecule has 0 unspecified atom stereocenters. The summed E-state index contributed by atoms with van der Waals surface area (Å²) in [6.07, 6.45) is 2.98. The topological polar surface area (TPSA) is 99.4 Å². The first-order valence-electron chi connectivity index (χ1n) is 8.45. The number of nitrogens with zero attached hydrogens (tertiary/aromatic N) is 3. The van der Waals surface area contributed by atoms with Gasteiger partial charge in [0.25, 0.3) is 0 Å². The summed E-state index contributed by atoms with van der Waals surface area (Å²) in [4.78, 5) is 20.5. The van der Waals surface area contributed by atoms with E-state index in [1.807, 2.05) is 24.3 Å². The molecule has 1 amide bonds. The molecule has 27 heavy (non-hydrogen) atoms. The number of anilines is 1. The Balaban J connectivity index is 1.50. The molecule has 0 aliphatic heterocycles. The molecule has 0 spiro atoms. The van der Waals surface area contributed by atoms with E-state index in [4.69, 9.17) is 14.0 Å². The maximum absolute atomic E-state index is 12.1. The molecular formula is C19H20N4O4. The summed E-state index contributed by atoms with van der Waals surface area (Å²) in [5.74, 6) is 2.54. The molecule has 0 bridgehead atoms. The van der Waals surface area contributed by atoms with Crippen molar-refractivity contribution in [3.05, 3.63) is 48.5 Å². The zero-order chi connectivity index (χ0) is 19.1. The number of pyridine rings is 1. The Labute approximate surface area is 156 Å². The van der Waals surface area contributed by atoms with Gasteiger partial charge in [0.2, 0.25) is 17.6 Å². The minimum atomic E-state index is -0.151. The Morgan fingerprint density at radius 2 is 1.96 bits per heavy atom. The van der Waals surface area contributed by atoms with Gasteiger partial charge in [-0.25, -0.2) is 4.98 Å². The lowest BCUT2D eigenvalue weighted by molar-refractivity contribution is -0.116. The summed E-state index contributed by atoms with van der Waals surface area (Å²) in [6, 6.07) is 10.9. The molecule has 2 aromatic heterocycles. The van der Waals surface area contributed by atoms with Gasteiger partial charge in [-0.2, -0.15) is 4.98 Å². The Morgan fingerprint density at radius 3 is 2.70 bits per heavy atom. The normalized spacial score (nSPS) is 10.4. The summed E-state index contributed by atoms with van der Waals surface area (Å²) in [6.45, 7) is 0. The number of carbonyl (C=O) groups excluding carboxylic acids is 1. The number of aromatic nitrogens is 3. The van der Waals surface area contributed by atoms with Crippen molar-refractivity contribution >= 4 is 11.7 Å². The van der Waals surface area contributed by atoms with Crippen molar-refractivity contribution in [3.8, 4) is 22.9 Å². The zero-order valence-electron chi connectivity index (χ0n) is 15.1. The third-order valence-electron chi connectivity index (χ3n) is 3.86. The summed E-state index contributed by atoms with van der Waals surface area (Å²) in [5.41, 5.74) is 0.839. The first-order chi connectivity index (χ1) is 13.2. The first-order valence-corrected chi connectivity index (χ1v) is 8.45. The van der Waals surface area contributed by atoms with E-state index >= 15 is 0 Å². The van der Waals surface area contributed by atoms with Crippen molar-refractivity contribution in [2.24, 2.45) is 0 Å². The Hall–Kier alpha value is -3.42. The molecule has 0 fully saturated rings. The van der Waals surface area contributed by atoms with Crippen LogP contribution in [-0.2, 0) is 11.2 Å². The van der Waals surface area contributed by atoms with Crippen molar-refractivity contribution in [1.82, 2.24) is 15.1 Å². The van der Waals surface area contributed by atoms with Crippen molar-refractivity contribution in [2.45, 2.75) is 19.3 Å². The number of nitrogens with one attached hydrogen (secondary N) is 1. The maximum atomic E-state index is 12.1. The van der Waals surface area contributed by atoms with E-state index < -0.39 is 0 Å². The highest BCUT2D eigenvalue weighted by molar-refractivity contribution is 5.91. The first kappa shape index (κ1) is 18.4. The monoisotopic (exact) mass is 368 g/mol. The maximum Gasteiger partial charge on any atom is 0.226 e. The highest BCUT2D eigenvalue weighted by Crippen LogP contribution is 2.21. The lowest BCUT2D eigenvalue weighted by Crippen LogP contribution is -2.13. The zero-order valence-corrected chi connectivity index (χ0v) is 15.1. The molecule has 0 saturated heterocycles. The third kappa shape index (κ3) is 4.81. The molecular weight excluding hydrogens is 348 g/mol. The molecule has 0 atom stereocenters. The molecule has 1 aromatic carbocycles. The number of carbonyl (C=O) groups is 1. The molecule has 8 nitrogen and oxygen atoms in total. The van der Waals surface area contributed by atoms with Crippen molar-refractivity contribution in [2.75, 3.05) is 19.5 Å². The van der Waals surface area contributed by atoms with Crippen LogP contribution in [0.25, 0.3) is 11.4 Å². The quantitative estimate of drug-likeness (QED) is 0.652. The van der Waals surface area contributed by atoms with Crippen LogP contribution >= 0.6 is 0 Å². The van der Waals surface area contributed by atoms with Gasteiger partial charge in [0.05, 0.1) is 14.2 Å². The van der Waals surface area contributed by atoms with Crippen LogP contribution in [0, 0.1) is 0 Å². The minimum absolute atomic E-state index is 0.151. The van der Waals surface area contributed by atoms with Crippen LogP contribution < -0.4 is 14.8 Å². The van der Waals surface area contributed by atoms with Crippen molar-refractivity contribution < 1.29 is 18.8 Å². The van der Waals surface area contributed by atoms with Crippen LogP contribution in [0.4, 0.5) is 5.82 Å². The van der Waals surface area contributed by atoms with Gasteiger partial charge in [0.15, 0.2) is 11.6 Å². The average Bonchev–Trinajstić information content (AvgIpc) is 3.17. The van der Waals surface area contributed by atoms with Crippen LogP contribution in [0.15, 0.2) is 47.1 Å². The van der Waals surface area contributed by atoms with Crippen molar-refractivity contribution in [1.29, 1.82) is 0 Å². The predicted octanol–water partition coefficient (Wildman–Crippen LogP) is 3.11. The van der Waals surface area contributed by atoms with E-state index in [0.717, 1.165) is 11.3 Å². The molecule has 0 radical (unpaired) electrons. The minimum Gasteiger partial charge on any atom is -0.497 e. The van der Waals surface area contributed by atoms with Crippen LogP contribution in [0.5, 0.6) is 11.5 Å². The molecule has 3 aromatic rings. The smallest absolute Gasteiger partial charge is 0.226 e. The standard InChI is InChI=1S/C19H20N4O4/c1-25-14-10-8-13(9-11-14)18-22-17(27-23-18)7-3-6-16(24)21-19-15(26-2)5-4-12-20-19/h4-5,8-12H,3,6-7H2,1-2H3,(H,20,21,24). The van der Waals surface area contributed by atoms with E-state index in [0.29, 0.717) is 42.5 Å². The number of aryl methyl sites for hydroxylation is 1. The Morgan fingerprint density at radius 1 is 1.15 bits per heavy atom. The highest BCUT2D eigenvalue weighted by Gasteiger charge is 2.11. The largest absolute Gasteiger partial charge is 0.497 e. The van der Waals surface area contributed by atoms with Gasteiger partial charge in [-0.05, 0) is 42.8 Å². The van der Waals surface area contributed by atoms with Gasteiger partial charge in [-0.3, -0.25) is 4.79 Å². The van der Waals surface area contributed by atoms with Gasteiger partial charge in [-0.1, -0.05) is 5.16 Å². The number of rotatable bonds is 8. The van der Waals surface area contributed by atoms with Gasteiger partial charge in [0, 0.05) is 24.6 Å². The van der Waals surface area contributed by atoms with Gasteiger partial charge in [0.1, 0.15) is 5.75 Å². The molecule has 0 aliphatic rings. The molecule has 0 saturated carbocycles. The Kier molecular flexibility index (Phi) is 5.98. The molecule has 0 aliphatic carbocycles. The fraction of sp³-hybridized carbons (Fsp3) is 0.263. The second-order valence-electron chi connectivity index (χ2n) is 5.70. The number of hydrogen-bond donors (Lipinski definition) is 1. The predicted molar refractivity (Wildman–Crippen MR) is 98.6 cm³/mol. The fourth-order valence-electron chi connectivity index (χ4n) is 2.46. The van der Waals surface area contributed by atoms with E-state index in [1.165, 1.54) is 7.11 Å². The van der Waals surface area contributed by atoms with E-state index in [-0.39, 0.29) is 5.91 Å². The van der Waals surface area contributed by atoms with Crippen LogP contribution in [0.3, 0.4) is 0 Å². The molecule has 8 heteroatoms. The van der Waals surface area contributed by atoms with E-state index in [9.17, 15) is 4.79 Å². The van der Waals surface area contributed by atoms with Crippen LogP contribution in [-0.4, -0.2) is 35.3 Å². The van der Waals surface area contributed by atoms with Crippen LogP contribution in [0.1, 0.15) is 18.7 Å². The number of amides is 1. The summed E-state index contributed by atoms with van der Waals surface area (Å²) < 4.78 is 15.5. The van der Waals surface area contributed by atoms with E-state index in [1.54, 1.807) is 25.4 Å².